The van der Waals surface area contributed by atoms with Gasteiger partial charge in [-0.15, -0.1) is 0 Å². The van der Waals surface area contributed by atoms with Gasteiger partial charge in [-0.3, -0.25) is 0 Å². The molecular formula is C12H30N2O17P2. The van der Waals surface area contributed by atoms with Crippen LogP contribution < -0.4 is 11.5 Å². The smallest absolute Gasteiger partial charge is 0.394 e. The first kappa shape index (κ1) is 32.8. The Kier molecular flexibility index (Phi) is 13.7. The molecule has 19 nitrogen and oxygen atoms in total. The monoisotopic (exact) mass is 536 g/mol. The summed E-state index contributed by atoms with van der Waals surface area (Å²) in [6.07, 6.45) is -9.70. The summed E-state index contributed by atoms with van der Waals surface area (Å²) in [5.74, 6) is 0. The summed E-state index contributed by atoms with van der Waals surface area (Å²) in [6.45, 7) is -0.940. The summed E-state index contributed by atoms with van der Waals surface area (Å²) >= 11 is 0. The molecular weight excluding hydrogens is 506 g/mol. The first-order valence-electron chi connectivity index (χ1n) is 8.80. The Bertz CT molecular complexity index is 598. The minimum atomic E-state index is -5.05. The van der Waals surface area contributed by atoms with Gasteiger partial charge in [0.15, 0.2) is 12.6 Å². The summed E-state index contributed by atoms with van der Waals surface area (Å²) in [5, 5.41) is 72.1. The number of ether oxygens (including phenoxy) is 2. The van der Waals surface area contributed by atoms with Crippen LogP contribution >= 0.6 is 15.6 Å². The van der Waals surface area contributed by atoms with Gasteiger partial charge in [0, 0.05) is 0 Å². The van der Waals surface area contributed by atoms with E-state index in [1.54, 1.807) is 0 Å². The number of hydrogen-bond acceptors (Lipinski definition) is 15. The highest BCUT2D eigenvalue weighted by molar-refractivity contribution is 7.60. The second-order valence-corrected chi connectivity index (χ2v) is 9.29. The molecule has 0 saturated carbocycles. The summed E-state index contributed by atoms with van der Waals surface area (Å²) in [5.41, 5.74) is 10.5. The Hall–Kier alpha value is -0.220. The van der Waals surface area contributed by atoms with Gasteiger partial charge >= 0.3 is 15.6 Å². The highest BCUT2D eigenvalue weighted by Gasteiger charge is 2.42. The zero-order chi connectivity index (χ0) is 26.3. The van der Waals surface area contributed by atoms with Crippen LogP contribution in [0.5, 0.6) is 0 Å². The molecule has 2 rings (SSSR count). The maximum atomic E-state index is 9.63. The van der Waals surface area contributed by atoms with Gasteiger partial charge in [-0.25, -0.2) is 9.13 Å². The van der Waals surface area contributed by atoms with E-state index in [0.717, 1.165) is 0 Å². The Morgan fingerprint density at radius 1 is 0.636 bits per heavy atom. The van der Waals surface area contributed by atoms with Crippen LogP contribution in [-0.4, -0.2) is 135 Å². The highest BCUT2D eigenvalue weighted by Crippen LogP contribution is 2.53. The predicted molar refractivity (Wildman–Crippen MR) is 101 cm³/mol. The lowest BCUT2D eigenvalue weighted by atomic mass is 9.98. The van der Waals surface area contributed by atoms with Crippen molar-refractivity contribution in [2.24, 2.45) is 11.5 Å². The fourth-order valence-corrected chi connectivity index (χ4v) is 3.48. The Labute approximate surface area is 185 Å². The third-order valence-corrected chi connectivity index (χ3v) is 5.81. The summed E-state index contributed by atoms with van der Waals surface area (Å²) < 4.78 is 31.6. The molecule has 0 spiro atoms. The van der Waals surface area contributed by atoms with Gasteiger partial charge in [-0.2, -0.15) is 4.31 Å². The van der Waals surface area contributed by atoms with Crippen molar-refractivity contribution in [3.63, 3.8) is 0 Å². The van der Waals surface area contributed by atoms with Crippen molar-refractivity contribution >= 4 is 15.6 Å². The van der Waals surface area contributed by atoms with Gasteiger partial charge < -0.3 is 81.4 Å². The van der Waals surface area contributed by atoms with Crippen LogP contribution in [-0.2, 0) is 22.9 Å². The predicted octanol–water partition coefficient (Wildman–Crippen LogP) is -7.32. The van der Waals surface area contributed by atoms with Gasteiger partial charge in [0.25, 0.3) is 0 Å². The molecule has 16 N–H and O–H groups in total. The first-order valence-corrected chi connectivity index (χ1v) is 11.9. The van der Waals surface area contributed by atoms with Gasteiger partial charge in [0.1, 0.15) is 36.6 Å². The van der Waals surface area contributed by atoms with E-state index in [2.05, 4.69) is 4.31 Å². The molecule has 0 aromatic rings. The molecule has 2 unspecified atom stereocenters. The lowest BCUT2D eigenvalue weighted by Gasteiger charge is -2.38. The fraction of sp³-hybridized carbons (Fsp3) is 1.00. The van der Waals surface area contributed by atoms with Crippen LogP contribution in [0.4, 0.5) is 0 Å². The Morgan fingerprint density at radius 2 is 0.909 bits per heavy atom. The summed E-state index contributed by atoms with van der Waals surface area (Å²) in [6, 6.07) is -2.08. The van der Waals surface area contributed by atoms with E-state index in [9.17, 15) is 29.6 Å². The van der Waals surface area contributed by atoms with E-state index in [0.29, 0.717) is 0 Å². The minimum Gasteiger partial charge on any atom is -0.394 e. The molecule has 2 saturated heterocycles. The molecule has 0 radical (unpaired) electrons. The second-order valence-electron chi connectivity index (χ2n) is 6.68. The fourth-order valence-electron chi connectivity index (χ4n) is 2.37. The third kappa shape index (κ3) is 11.4. The third-order valence-electron chi connectivity index (χ3n) is 4.11. The van der Waals surface area contributed by atoms with Crippen LogP contribution in [0.15, 0.2) is 0 Å². The average Bonchev–Trinajstić information content (AvgIpc) is 2.68. The van der Waals surface area contributed by atoms with Crippen molar-refractivity contribution in [3.8, 4) is 0 Å². The molecule has 0 amide bonds. The average molecular weight is 536 g/mol. The maximum absolute atomic E-state index is 9.63. The Balaban J connectivity index is 0.000000472. The molecule has 21 heteroatoms. The van der Waals surface area contributed by atoms with Crippen molar-refractivity contribution in [1.29, 1.82) is 0 Å². The quantitative estimate of drug-likeness (QED) is 0.148. The van der Waals surface area contributed by atoms with Crippen molar-refractivity contribution in [3.05, 3.63) is 0 Å². The largest absolute Gasteiger partial charge is 0.478 e. The second kappa shape index (κ2) is 13.8. The number of phosphoric acid groups is 2. The van der Waals surface area contributed by atoms with Crippen LogP contribution in [0, 0.1) is 0 Å². The maximum Gasteiger partial charge on any atom is 0.478 e. The summed E-state index contributed by atoms with van der Waals surface area (Å²) in [4.78, 5) is 31.0. The van der Waals surface area contributed by atoms with E-state index in [-0.39, 0.29) is 0 Å². The van der Waals surface area contributed by atoms with E-state index in [4.69, 9.17) is 60.9 Å². The van der Waals surface area contributed by atoms with Gasteiger partial charge in [-0.1, -0.05) is 0 Å². The normalized spacial score (nSPS) is 39.6. The molecule has 0 bridgehead atoms. The van der Waals surface area contributed by atoms with Crippen molar-refractivity contribution in [2.75, 3.05) is 13.2 Å². The van der Waals surface area contributed by atoms with Crippen LogP contribution in [0.1, 0.15) is 0 Å². The van der Waals surface area contributed by atoms with Crippen molar-refractivity contribution < 1.29 is 83.3 Å². The molecule has 200 valence electrons. The van der Waals surface area contributed by atoms with Crippen molar-refractivity contribution in [2.45, 2.75) is 61.3 Å². The number of aliphatic hydroxyl groups is 8. The van der Waals surface area contributed by atoms with E-state index in [1.165, 1.54) is 0 Å². The lowest BCUT2D eigenvalue weighted by Crippen LogP contribution is -2.61. The van der Waals surface area contributed by atoms with Crippen LogP contribution in [0.2, 0.25) is 0 Å². The number of nitrogens with two attached hydrogens (primary N) is 2. The minimum absolute atomic E-state index is 0.470. The zero-order valence-corrected chi connectivity index (χ0v) is 18.4. The topological polar surface area (TPSA) is 357 Å². The lowest BCUT2D eigenvalue weighted by molar-refractivity contribution is -0.248. The summed E-state index contributed by atoms with van der Waals surface area (Å²) in [7, 11) is -10.1. The standard InChI is InChI=1S/2C6H13NO5.H4O7P2/c2*7-3-5(10)4(9)2(1-8)12-6(3)11;1-8(2,3)7-9(4,5)6/h2*2-6,8-11H,1,7H2;(H2,1,2,3)(H2,4,5,6)/t2*2-,3-,4-,5-,6?;/m11./s1. The molecule has 0 aromatic carbocycles. The first-order chi connectivity index (χ1) is 14.9. The number of hydrogen-bond donors (Lipinski definition) is 14. The number of rotatable bonds is 4. The molecule has 0 aromatic heterocycles. The zero-order valence-electron chi connectivity index (χ0n) is 16.6. The van der Waals surface area contributed by atoms with E-state index < -0.39 is 90.1 Å². The molecule has 2 aliphatic rings. The highest BCUT2D eigenvalue weighted by atomic mass is 31.3. The SMILES string of the molecule is N[C@H]1C(O)O[C@H](CO)[C@@H](O)[C@@H]1O.N[C@H]1C(O)O[C@H](CO)[C@@H](O)[C@@H]1O.O=P(O)(O)OP(=O)(O)O. The molecule has 10 atom stereocenters. The van der Waals surface area contributed by atoms with Gasteiger partial charge in [-0.05, 0) is 0 Å². The van der Waals surface area contributed by atoms with Gasteiger partial charge in [0.05, 0.1) is 25.3 Å². The Morgan fingerprint density at radius 3 is 1.09 bits per heavy atom. The van der Waals surface area contributed by atoms with Gasteiger partial charge in [0.2, 0.25) is 0 Å². The molecule has 0 aliphatic carbocycles. The van der Waals surface area contributed by atoms with Crippen molar-refractivity contribution in [1.82, 2.24) is 0 Å². The van der Waals surface area contributed by atoms with Crippen LogP contribution in [0.25, 0.3) is 0 Å². The molecule has 2 aliphatic heterocycles. The molecule has 2 fully saturated rings. The molecule has 33 heavy (non-hydrogen) atoms. The van der Waals surface area contributed by atoms with Crippen LogP contribution in [0.3, 0.4) is 0 Å². The van der Waals surface area contributed by atoms with E-state index >= 15 is 0 Å². The molecule has 2 heterocycles. The number of aliphatic hydroxyl groups excluding tert-OH is 8. The van der Waals surface area contributed by atoms with E-state index in [1.807, 2.05) is 0 Å².